The minimum absolute atomic E-state index is 0.249. The van der Waals surface area contributed by atoms with E-state index in [0.717, 1.165) is 11.0 Å². The Balaban J connectivity index is 3.08. The lowest BCUT2D eigenvalue weighted by atomic mass is 10.1. The number of rotatable bonds is 3. The maximum Gasteiger partial charge on any atom is 0.256 e. The molecule has 1 atom stereocenters. The molecule has 6 heteroatoms. The van der Waals surface area contributed by atoms with Crippen LogP contribution >= 0.6 is 0 Å². The molecule has 0 fully saturated rings. The van der Waals surface area contributed by atoms with Crippen LogP contribution in [0.5, 0.6) is 0 Å². The summed E-state index contributed by atoms with van der Waals surface area (Å²) in [6.07, 6.45) is 0. The molecule has 0 aliphatic heterocycles. The van der Waals surface area contributed by atoms with E-state index < -0.39 is 23.6 Å². The summed E-state index contributed by atoms with van der Waals surface area (Å²) in [5.41, 5.74) is 4.67. The number of carbonyl (C=O) groups excluding carboxylic acids is 1. The molecule has 0 saturated carbocycles. The van der Waals surface area contributed by atoms with Crippen LogP contribution in [0.1, 0.15) is 17.3 Å². The molecule has 0 spiro atoms. The van der Waals surface area contributed by atoms with Crippen LogP contribution in [0.4, 0.5) is 14.5 Å². The van der Waals surface area contributed by atoms with Gasteiger partial charge >= 0.3 is 0 Å². The van der Waals surface area contributed by atoms with Gasteiger partial charge in [0.1, 0.15) is 11.6 Å². The Hall–Kier alpha value is -1.69. The topological polar surface area (TPSA) is 66.6 Å². The molecular weight excluding hydrogens is 230 g/mol. The van der Waals surface area contributed by atoms with Crippen molar-refractivity contribution < 1.29 is 18.7 Å². The number of amides is 1. The number of aliphatic hydroxyl groups excluding tert-OH is 1. The van der Waals surface area contributed by atoms with Gasteiger partial charge in [0.05, 0.1) is 23.9 Å². The lowest BCUT2D eigenvalue weighted by molar-refractivity contribution is 0.0677. The van der Waals surface area contributed by atoms with E-state index in [9.17, 15) is 13.6 Å². The van der Waals surface area contributed by atoms with Crippen LogP contribution in [0.2, 0.25) is 0 Å². The van der Waals surface area contributed by atoms with Crippen molar-refractivity contribution in [1.82, 2.24) is 4.90 Å². The number of benzene rings is 1. The summed E-state index contributed by atoms with van der Waals surface area (Å²) in [6, 6.07) is 1.06. The van der Waals surface area contributed by atoms with Gasteiger partial charge < -0.3 is 15.7 Å². The Morgan fingerprint density at radius 3 is 2.59 bits per heavy atom. The summed E-state index contributed by atoms with van der Waals surface area (Å²) in [5.74, 6) is -2.54. The van der Waals surface area contributed by atoms with Crippen molar-refractivity contribution in [3.8, 4) is 0 Å². The Labute approximate surface area is 97.6 Å². The van der Waals surface area contributed by atoms with Crippen molar-refractivity contribution in [3.05, 3.63) is 29.3 Å². The molecule has 3 N–H and O–H groups in total. The van der Waals surface area contributed by atoms with Gasteiger partial charge in [-0.25, -0.2) is 8.78 Å². The molecule has 0 aromatic heterocycles. The molecule has 0 aliphatic carbocycles. The summed E-state index contributed by atoms with van der Waals surface area (Å²) < 4.78 is 26.3. The molecule has 0 heterocycles. The van der Waals surface area contributed by atoms with Crippen molar-refractivity contribution >= 4 is 11.6 Å². The predicted octanol–water partition coefficient (Wildman–Crippen LogP) is 1.000. The standard InChI is InChI=1S/C11H14F2N2O2/c1-6(5-16)15(2)11(17)7-3-10(14)9(13)4-8(7)12/h3-4,6,16H,5,14H2,1-2H3. The number of hydrogen-bond donors (Lipinski definition) is 2. The van der Waals surface area contributed by atoms with E-state index in [1.807, 2.05) is 0 Å². The number of halogens is 2. The average Bonchev–Trinajstić information content (AvgIpc) is 2.31. The number of nitrogens with two attached hydrogens (primary N) is 1. The zero-order chi connectivity index (χ0) is 13.2. The molecule has 0 aliphatic rings. The van der Waals surface area contributed by atoms with Gasteiger partial charge in [0, 0.05) is 13.1 Å². The zero-order valence-corrected chi connectivity index (χ0v) is 9.58. The number of aliphatic hydroxyl groups is 1. The highest BCUT2D eigenvalue weighted by Crippen LogP contribution is 2.18. The number of hydrogen-bond acceptors (Lipinski definition) is 3. The third kappa shape index (κ3) is 2.71. The molecule has 4 nitrogen and oxygen atoms in total. The monoisotopic (exact) mass is 244 g/mol. The van der Waals surface area contributed by atoms with E-state index in [4.69, 9.17) is 10.8 Å². The van der Waals surface area contributed by atoms with Crippen molar-refractivity contribution in [2.75, 3.05) is 19.4 Å². The number of nitrogens with zero attached hydrogens (tertiary/aromatic N) is 1. The fraction of sp³-hybridized carbons (Fsp3) is 0.364. The van der Waals surface area contributed by atoms with Crippen LogP contribution in [0.3, 0.4) is 0 Å². The van der Waals surface area contributed by atoms with Gasteiger partial charge in [0.25, 0.3) is 5.91 Å². The Kier molecular flexibility index (Phi) is 4.01. The van der Waals surface area contributed by atoms with Gasteiger partial charge in [0.15, 0.2) is 0 Å². The highest BCUT2D eigenvalue weighted by Gasteiger charge is 2.21. The minimum atomic E-state index is -0.973. The lowest BCUT2D eigenvalue weighted by Crippen LogP contribution is -2.37. The number of nitrogen functional groups attached to an aromatic ring is 1. The second-order valence-electron chi connectivity index (χ2n) is 3.80. The molecule has 1 aromatic carbocycles. The third-order valence-corrected chi connectivity index (χ3v) is 2.56. The number of likely N-dealkylation sites (N-methyl/N-ethyl adjacent to an activating group) is 1. The molecule has 17 heavy (non-hydrogen) atoms. The largest absolute Gasteiger partial charge is 0.396 e. The molecule has 1 unspecified atom stereocenters. The smallest absolute Gasteiger partial charge is 0.256 e. The molecular formula is C11H14F2N2O2. The molecule has 94 valence electrons. The summed E-state index contributed by atoms with van der Waals surface area (Å²) in [7, 11) is 1.42. The van der Waals surface area contributed by atoms with Crippen LogP contribution in [0.15, 0.2) is 12.1 Å². The van der Waals surface area contributed by atoms with Crippen LogP contribution in [0, 0.1) is 11.6 Å². The minimum Gasteiger partial charge on any atom is -0.396 e. The first-order valence-corrected chi connectivity index (χ1v) is 5.01. The molecule has 0 saturated heterocycles. The van der Waals surface area contributed by atoms with Crippen molar-refractivity contribution in [1.29, 1.82) is 0 Å². The maximum atomic E-state index is 13.4. The highest BCUT2D eigenvalue weighted by molar-refractivity contribution is 5.95. The first-order chi connectivity index (χ1) is 7.88. The van der Waals surface area contributed by atoms with Gasteiger partial charge in [0.2, 0.25) is 0 Å². The van der Waals surface area contributed by atoms with Crippen molar-refractivity contribution in [3.63, 3.8) is 0 Å². The Morgan fingerprint density at radius 2 is 2.06 bits per heavy atom. The quantitative estimate of drug-likeness (QED) is 0.779. The van der Waals surface area contributed by atoms with Crippen LogP contribution in [-0.2, 0) is 0 Å². The van der Waals surface area contributed by atoms with Crippen LogP contribution < -0.4 is 5.73 Å². The highest BCUT2D eigenvalue weighted by atomic mass is 19.1. The van der Waals surface area contributed by atoms with E-state index in [2.05, 4.69) is 0 Å². The van der Waals surface area contributed by atoms with Gasteiger partial charge in [-0.2, -0.15) is 0 Å². The third-order valence-electron chi connectivity index (χ3n) is 2.56. The predicted molar refractivity (Wildman–Crippen MR) is 59.4 cm³/mol. The fourth-order valence-corrected chi connectivity index (χ4v) is 1.24. The van der Waals surface area contributed by atoms with E-state index in [1.165, 1.54) is 7.05 Å². The van der Waals surface area contributed by atoms with Crippen molar-refractivity contribution in [2.24, 2.45) is 0 Å². The Morgan fingerprint density at radius 1 is 1.47 bits per heavy atom. The van der Waals surface area contributed by atoms with E-state index in [-0.39, 0.29) is 17.9 Å². The van der Waals surface area contributed by atoms with Gasteiger partial charge in [-0.05, 0) is 13.0 Å². The molecule has 1 amide bonds. The second kappa shape index (κ2) is 5.09. The molecule has 0 radical (unpaired) electrons. The first-order valence-electron chi connectivity index (χ1n) is 5.01. The van der Waals surface area contributed by atoms with Gasteiger partial charge in [-0.15, -0.1) is 0 Å². The van der Waals surface area contributed by atoms with E-state index in [1.54, 1.807) is 6.92 Å². The average molecular weight is 244 g/mol. The normalized spacial score (nSPS) is 12.3. The molecule has 1 rings (SSSR count). The van der Waals surface area contributed by atoms with Crippen LogP contribution in [-0.4, -0.2) is 35.6 Å². The summed E-state index contributed by atoms with van der Waals surface area (Å²) in [4.78, 5) is 13.0. The van der Waals surface area contributed by atoms with Crippen molar-refractivity contribution in [2.45, 2.75) is 13.0 Å². The van der Waals surface area contributed by atoms with Gasteiger partial charge in [-0.1, -0.05) is 0 Å². The summed E-state index contributed by atoms with van der Waals surface area (Å²) in [5, 5.41) is 8.90. The summed E-state index contributed by atoms with van der Waals surface area (Å²) in [6.45, 7) is 1.35. The van der Waals surface area contributed by atoms with Crippen LogP contribution in [0.25, 0.3) is 0 Å². The maximum absolute atomic E-state index is 13.4. The number of carbonyl (C=O) groups is 1. The lowest BCUT2D eigenvalue weighted by Gasteiger charge is -2.23. The second-order valence-corrected chi connectivity index (χ2v) is 3.80. The number of anilines is 1. The molecule has 1 aromatic rings. The van der Waals surface area contributed by atoms with Gasteiger partial charge in [-0.3, -0.25) is 4.79 Å². The van der Waals surface area contributed by atoms with E-state index in [0.29, 0.717) is 6.07 Å². The zero-order valence-electron chi connectivity index (χ0n) is 9.58. The Bertz CT molecular complexity index is 438. The van der Waals surface area contributed by atoms with E-state index >= 15 is 0 Å². The first kappa shape index (κ1) is 13.4. The molecule has 0 bridgehead atoms. The summed E-state index contributed by atoms with van der Waals surface area (Å²) >= 11 is 0. The fourth-order valence-electron chi connectivity index (χ4n) is 1.24. The SMILES string of the molecule is CC(CO)N(C)C(=O)c1cc(N)c(F)cc1F.